The van der Waals surface area contributed by atoms with Crippen molar-refractivity contribution >= 4 is 49.2 Å². The molecule has 1 aliphatic rings. The monoisotopic (exact) mass is 414 g/mol. The highest BCUT2D eigenvalue weighted by atomic mass is 79.9. The number of hydrogen-bond donors (Lipinski definition) is 0. The van der Waals surface area contributed by atoms with Gasteiger partial charge in [0.1, 0.15) is 11.9 Å². The number of hydrogen-bond acceptors (Lipinski definition) is 2. The first kappa shape index (κ1) is 14.1. The van der Waals surface area contributed by atoms with Gasteiger partial charge in [0, 0.05) is 19.5 Å². The van der Waals surface area contributed by atoms with Gasteiger partial charge in [0.15, 0.2) is 5.78 Å². The van der Waals surface area contributed by atoms with E-state index in [1.807, 2.05) is 18.2 Å². The third-order valence-corrected chi connectivity index (χ3v) is 4.52. The highest BCUT2D eigenvalue weighted by Gasteiger charge is 2.29. The average molecular weight is 416 g/mol. The van der Waals surface area contributed by atoms with Crippen LogP contribution < -0.4 is 4.74 Å². The van der Waals surface area contributed by atoms with E-state index in [0.717, 1.165) is 14.5 Å². The lowest BCUT2D eigenvalue weighted by atomic mass is 9.96. The van der Waals surface area contributed by atoms with Gasteiger partial charge in [-0.3, -0.25) is 4.79 Å². The molecular formula is C15H9Br2ClO2. The molecule has 0 N–H and O–H groups in total. The average Bonchev–Trinajstić information content (AvgIpc) is 2.42. The molecule has 2 nitrogen and oxygen atoms in total. The van der Waals surface area contributed by atoms with Crippen LogP contribution in [-0.4, -0.2) is 5.78 Å². The number of rotatable bonds is 1. The van der Waals surface area contributed by atoms with Crippen molar-refractivity contribution in [2.75, 3.05) is 0 Å². The topological polar surface area (TPSA) is 26.3 Å². The molecule has 2 aromatic carbocycles. The van der Waals surface area contributed by atoms with Crippen LogP contribution in [0.5, 0.6) is 5.75 Å². The number of carbonyl (C=O) groups is 1. The summed E-state index contributed by atoms with van der Waals surface area (Å²) in [5.41, 5.74) is 1.43. The van der Waals surface area contributed by atoms with Gasteiger partial charge in [0.2, 0.25) is 0 Å². The summed E-state index contributed by atoms with van der Waals surface area (Å²) < 4.78 is 7.71. The summed E-state index contributed by atoms with van der Waals surface area (Å²) >= 11 is 13.0. The summed E-state index contributed by atoms with van der Waals surface area (Å²) in [7, 11) is 0. The van der Waals surface area contributed by atoms with Gasteiger partial charge in [-0.25, -0.2) is 0 Å². The van der Waals surface area contributed by atoms with Gasteiger partial charge < -0.3 is 4.74 Å². The third kappa shape index (κ3) is 2.65. The molecular weight excluding hydrogens is 407 g/mol. The van der Waals surface area contributed by atoms with Gasteiger partial charge in [0.25, 0.3) is 0 Å². The van der Waals surface area contributed by atoms with Crippen LogP contribution in [0, 0.1) is 0 Å². The largest absolute Gasteiger partial charge is 0.484 e. The molecule has 0 fully saturated rings. The molecule has 102 valence electrons. The van der Waals surface area contributed by atoms with Gasteiger partial charge >= 0.3 is 0 Å². The molecule has 5 heteroatoms. The summed E-state index contributed by atoms with van der Waals surface area (Å²) in [4.78, 5) is 12.3. The lowest BCUT2D eigenvalue weighted by molar-refractivity contribution is 0.0850. The smallest absolute Gasteiger partial charge is 0.170 e. The second-order valence-corrected chi connectivity index (χ2v) is 6.78. The van der Waals surface area contributed by atoms with Crippen molar-refractivity contribution in [1.82, 2.24) is 0 Å². The molecule has 0 aliphatic carbocycles. The van der Waals surface area contributed by atoms with Crippen LogP contribution in [-0.2, 0) is 0 Å². The van der Waals surface area contributed by atoms with E-state index in [2.05, 4.69) is 31.9 Å². The first-order valence-corrected chi connectivity index (χ1v) is 7.95. The fourth-order valence-electron chi connectivity index (χ4n) is 2.23. The van der Waals surface area contributed by atoms with E-state index in [4.69, 9.17) is 16.3 Å². The maximum atomic E-state index is 12.3. The molecule has 2 aromatic rings. The van der Waals surface area contributed by atoms with Gasteiger partial charge in [-0.1, -0.05) is 43.5 Å². The fraction of sp³-hybridized carbons (Fsp3) is 0.133. The first-order chi connectivity index (χ1) is 9.54. The Balaban J connectivity index is 2.01. The molecule has 0 radical (unpaired) electrons. The molecule has 3 rings (SSSR count). The van der Waals surface area contributed by atoms with Crippen LogP contribution >= 0.6 is 43.5 Å². The van der Waals surface area contributed by atoms with E-state index in [-0.39, 0.29) is 11.9 Å². The van der Waals surface area contributed by atoms with Crippen molar-refractivity contribution in [2.45, 2.75) is 12.5 Å². The minimum Gasteiger partial charge on any atom is -0.484 e. The fourth-order valence-corrected chi connectivity index (χ4v) is 3.21. The Bertz CT molecular complexity index is 700. The molecule has 1 unspecified atom stereocenters. The normalized spacial score (nSPS) is 17.6. The standard InChI is InChI=1S/C15H9Br2ClO2/c16-8-1-3-12(18)10(5-8)15-7-13(19)11-6-9(17)2-4-14(11)20-15/h1-6,15H,7H2. The van der Waals surface area contributed by atoms with Gasteiger partial charge in [0.05, 0.1) is 12.0 Å². The summed E-state index contributed by atoms with van der Waals surface area (Å²) in [6.45, 7) is 0. The molecule has 1 heterocycles. The maximum absolute atomic E-state index is 12.3. The van der Waals surface area contributed by atoms with E-state index >= 15 is 0 Å². The van der Waals surface area contributed by atoms with Gasteiger partial charge in [-0.2, -0.15) is 0 Å². The maximum Gasteiger partial charge on any atom is 0.170 e. The molecule has 0 bridgehead atoms. The van der Waals surface area contributed by atoms with E-state index in [9.17, 15) is 4.79 Å². The first-order valence-electron chi connectivity index (χ1n) is 5.99. The molecule has 0 aromatic heterocycles. The zero-order valence-corrected chi connectivity index (χ0v) is 14.1. The Kier molecular flexibility index (Phi) is 3.89. The Morgan fingerprint density at radius 2 is 1.80 bits per heavy atom. The Hall–Kier alpha value is -0.840. The number of ether oxygens (including phenoxy) is 1. The minimum absolute atomic E-state index is 0.0635. The second-order valence-electron chi connectivity index (χ2n) is 4.54. The van der Waals surface area contributed by atoms with Crippen molar-refractivity contribution in [1.29, 1.82) is 0 Å². The molecule has 0 amide bonds. The number of carbonyl (C=O) groups excluding carboxylic acids is 1. The van der Waals surface area contributed by atoms with E-state index in [1.54, 1.807) is 18.2 Å². The lowest BCUT2D eigenvalue weighted by Crippen LogP contribution is -2.20. The zero-order chi connectivity index (χ0) is 14.3. The number of fused-ring (bicyclic) bond motifs is 1. The van der Waals surface area contributed by atoms with E-state index in [0.29, 0.717) is 22.8 Å². The Morgan fingerprint density at radius 3 is 2.60 bits per heavy atom. The Morgan fingerprint density at radius 1 is 1.10 bits per heavy atom. The van der Waals surface area contributed by atoms with Crippen LogP contribution in [0.3, 0.4) is 0 Å². The highest BCUT2D eigenvalue weighted by molar-refractivity contribution is 9.10. The van der Waals surface area contributed by atoms with Crippen LogP contribution in [0.4, 0.5) is 0 Å². The lowest BCUT2D eigenvalue weighted by Gasteiger charge is -2.26. The van der Waals surface area contributed by atoms with Crippen LogP contribution in [0.25, 0.3) is 0 Å². The predicted molar refractivity (Wildman–Crippen MR) is 85.6 cm³/mol. The van der Waals surface area contributed by atoms with Crippen molar-refractivity contribution in [3.63, 3.8) is 0 Å². The van der Waals surface area contributed by atoms with Crippen molar-refractivity contribution in [2.24, 2.45) is 0 Å². The van der Waals surface area contributed by atoms with E-state index in [1.165, 1.54) is 0 Å². The van der Waals surface area contributed by atoms with Crippen molar-refractivity contribution in [3.05, 3.63) is 61.5 Å². The number of ketones is 1. The zero-order valence-electron chi connectivity index (χ0n) is 10.2. The van der Waals surface area contributed by atoms with Crippen molar-refractivity contribution in [3.8, 4) is 5.75 Å². The second kappa shape index (κ2) is 5.51. The van der Waals surface area contributed by atoms with Gasteiger partial charge in [-0.15, -0.1) is 0 Å². The number of halogens is 3. The quantitative estimate of drug-likeness (QED) is 0.607. The molecule has 0 saturated heterocycles. The minimum atomic E-state index is -0.346. The third-order valence-electron chi connectivity index (χ3n) is 3.19. The van der Waals surface area contributed by atoms with Crippen LogP contribution in [0.2, 0.25) is 5.02 Å². The van der Waals surface area contributed by atoms with Gasteiger partial charge in [-0.05, 0) is 36.4 Å². The predicted octanol–water partition coefficient (Wildman–Crippen LogP) is 5.57. The van der Waals surface area contributed by atoms with Crippen LogP contribution in [0.1, 0.15) is 28.4 Å². The van der Waals surface area contributed by atoms with Crippen molar-refractivity contribution < 1.29 is 9.53 Å². The number of Topliss-reactive ketones (excluding diaryl/α,β-unsaturated/α-hetero) is 1. The summed E-state index contributed by atoms with van der Waals surface area (Å²) in [5.74, 6) is 0.666. The molecule has 0 saturated carbocycles. The number of benzene rings is 2. The van der Waals surface area contributed by atoms with Crippen LogP contribution in [0.15, 0.2) is 45.3 Å². The summed E-state index contributed by atoms with van der Waals surface area (Å²) in [6, 6.07) is 11.0. The summed E-state index contributed by atoms with van der Waals surface area (Å²) in [5, 5.41) is 0.603. The molecule has 0 spiro atoms. The molecule has 20 heavy (non-hydrogen) atoms. The molecule has 1 atom stereocenters. The van der Waals surface area contributed by atoms with E-state index < -0.39 is 0 Å². The molecule has 1 aliphatic heterocycles. The summed E-state index contributed by atoms with van der Waals surface area (Å²) in [6.07, 6.45) is -0.0548. The highest BCUT2D eigenvalue weighted by Crippen LogP contribution is 2.39. The SMILES string of the molecule is O=C1CC(c2cc(Br)ccc2Cl)Oc2ccc(Br)cc21. The Labute approximate surface area is 138 Å².